The van der Waals surface area contributed by atoms with E-state index in [4.69, 9.17) is 4.42 Å². The van der Waals surface area contributed by atoms with Crippen LogP contribution in [0.1, 0.15) is 32.3 Å². The van der Waals surface area contributed by atoms with E-state index in [9.17, 15) is 21.6 Å². The van der Waals surface area contributed by atoms with Gasteiger partial charge in [0.2, 0.25) is 21.8 Å². The number of rotatable bonds is 7. The second-order valence-corrected chi connectivity index (χ2v) is 13.5. The van der Waals surface area contributed by atoms with Gasteiger partial charge in [-0.1, -0.05) is 22.8 Å². The number of sulfonamides is 1. The van der Waals surface area contributed by atoms with Crippen molar-refractivity contribution >= 4 is 31.8 Å². The summed E-state index contributed by atoms with van der Waals surface area (Å²) < 4.78 is 57.2. The summed E-state index contributed by atoms with van der Waals surface area (Å²) >= 11 is 0. The van der Waals surface area contributed by atoms with Crippen molar-refractivity contribution in [3.63, 3.8) is 0 Å². The molecule has 0 saturated carbocycles. The van der Waals surface area contributed by atoms with E-state index in [0.717, 1.165) is 5.56 Å². The van der Waals surface area contributed by atoms with Gasteiger partial charge in [0, 0.05) is 24.6 Å². The van der Waals surface area contributed by atoms with E-state index in [2.05, 4.69) is 15.5 Å². The fourth-order valence-electron chi connectivity index (χ4n) is 3.87. The molecule has 1 amide bonds. The molecule has 3 aromatic rings. The van der Waals surface area contributed by atoms with Gasteiger partial charge in [0.25, 0.3) is 0 Å². The van der Waals surface area contributed by atoms with E-state index in [1.54, 1.807) is 50.2 Å². The smallest absolute Gasteiger partial charge is 0.322 e. The van der Waals surface area contributed by atoms with E-state index in [0.29, 0.717) is 18.4 Å². The number of sulfone groups is 1. The molecule has 192 valence electrons. The molecule has 4 rings (SSSR count). The number of carbonyl (C=O) groups is 1. The highest BCUT2D eigenvalue weighted by molar-refractivity contribution is 7.92. The molecule has 10 nitrogen and oxygen atoms in total. The Morgan fingerprint density at radius 1 is 0.944 bits per heavy atom. The molecule has 36 heavy (non-hydrogen) atoms. The summed E-state index contributed by atoms with van der Waals surface area (Å²) in [5.74, 6) is -0.584. The van der Waals surface area contributed by atoms with Gasteiger partial charge in [-0.15, -0.1) is 5.10 Å². The molecule has 1 aromatic heterocycles. The third-order valence-electron chi connectivity index (χ3n) is 6.19. The Bertz CT molecular complexity index is 1440. The van der Waals surface area contributed by atoms with Gasteiger partial charge in [0.05, 0.1) is 15.0 Å². The molecule has 0 aliphatic carbocycles. The molecule has 1 aliphatic heterocycles. The molecular weight excluding hydrogens is 504 g/mol. The van der Waals surface area contributed by atoms with Gasteiger partial charge in [-0.3, -0.25) is 10.1 Å². The molecule has 1 fully saturated rings. The van der Waals surface area contributed by atoms with Gasteiger partial charge < -0.3 is 4.42 Å². The fraction of sp³-hybridized carbons (Fsp3) is 0.375. The quantitative estimate of drug-likeness (QED) is 0.489. The van der Waals surface area contributed by atoms with Crippen molar-refractivity contribution in [2.75, 3.05) is 18.4 Å². The maximum Gasteiger partial charge on any atom is 0.322 e. The molecule has 0 radical (unpaired) electrons. The summed E-state index contributed by atoms with van der Waals surface area (Å²) in [5, 5.41) is 9.84. The molecule has 2 aromatic carbocycles. The average molecular weight is 533 g/mol. The fourth-order valence-corrected chi connectivity index (χ4v) is 6.40. The van der Waals surface area contributed by atoms with Crippen LogP contribution in [0.25, 0.3) is 11.5 Å². The Morgan fingerprint density at radius 3 is 2.11 bits per heavy atom. The Balaban J connectivity index is 1.36. The number of benzene rings is 2. The number of amides is 1. The third kappa shape index (κ3) is 5.35. The van der Waals surface area contributed by atoms with Crippen LogP contribution in [0.4, 0.5) is 6.01 Å². The molecule has 0 spiro atoms. The zero-order valence-electron chi connectivity index (χ0n) is 20.2. The lowest BCUT2D eigenvalue weighted by molar-refractivity contribution is -0.121. The van der Waals surface area contributed by atoms with E-state index in [1.807, 2.05) is 6.92 Å². The zero-order valence-corrected chi connectivity index (χ0v) is 21.8. The molecular formula is C24H28N4O6S2. The zero-order chi connectivity index (χ0) is 26.1. The predicted molar refractivity (Wildman–Crippen MR) is 133 cm³/mol. The first-order valence-electron chi connectivity index (χ1n) is 11.5. The van der Waals surface area contributed by atoms with Crippen molar-refractivity contribution in [2.24, 2.45) is 5.92 Å². The van der Waals surface area contributed by atoms with Crippen LogP contribution >= 0.6 is 0 Å². The van der Waals surface area contributed by atoms with Crippen molar-refractivity contribution in [3.8, 4) is 11.5 Å². The summed E-state index contributed by atoms with van der Waals surface area (Å²) in [5.41, 5.74) is 1.49. The largest absolute Gasteiger partial charge is 0.403 e. The first-order valence-corrected chi connectivity index (χ1v) is 14.5. The second kappa shape index (κ2) is 10.1. The van der Waals surface area contributed by atoms with Crippen molar-refractivity contribution < 1.29 is 26.0 Å². The third-order valence-corrected chi connectivity index (χ3v) is 10.3. The van der Waals surface area contributed by atoms with Crippen LogP contribution < -0.4 is 5.32 Å². The molecule has 1 saturated heterocycles. The topological polar surface area (TPSA) is 140 Å². The van der Waals surface area contributed by atoms with Gasteiger partial charge in [-0.25, -0.2) is 16.8 Å². The minimum Gasteiger partial charge on any atom is -0.403 e. The minimum absolute atomic E-state index is 0.0800. The molecule has 1 aliphatic rings. The van der Waals surface area contributed by atoms with E-state index < -0.39 is 31.0 Å². The molecule has 1 N–H and O–H groups in total. The van der Waals surface area contributed by atoms with Crippen LogP contribution in [-0.2, 0) is 24.7 Å². The van der Waals surface area contributed by atoms with Gasteiger partial charge in [-0.2, -0.15) is 4.31 Å². The second-order valence-electron chi connectivity index (χ2n) is 9.01. The maximum atomic E-state index is 12.9. The van der Waals surface area contributed by atoms with Gasteiger partial charge in [-0.05, 0) is 70.0 Å². The highest BCUT2D eigenvalue weighted by Gasteiger charge is 2.32. The van der Waals surface area contributed by atoms with Crippen molar-refractivity contribution in [3.05, 3.63) is 54.1 Å². The summed E-state index contributed by atoms with van der Waals surface area (Å²) in [7, 11) is -7.00. The lowest BCUT2D eigenvalue weighted by Gasteiger charge is -2.30. The Hall–Kier alpha value is -3.09. The number of nitrogens with zero attached hydrogens (tertiary/aromatic N) is 3. The number of aromatic nitrogens is 2. The van der Waals surface area contributed by atoms with E-state index in [1.165, 1.54) is 16.4 Å². The van der Waals surface area contributed by atoms with Gasteiger partial charge in [0.15, 0.2) is 9.84 Å². The SMILES string of the molecule is Cc1ccc(S(=O)(=O)N2CCC(C(=O)Nc3nnc(-c4ccc(S(=O)(=O)C(C)C)cc4)o3)CC2)cc1. The average Bonchev–Trinajstić information content (AvgIpc) is 3.33. The van der Waals surface area contributed by atoms with Crippen LogP contribution in [0.3, 0.4) is 0 Å². The lowest BCUT2D eigenvalue weighted by atomic mass is 9.97. The highest BCUT2D eigenvalue weighted by atomic mass is 32.2. The Labute approximate surface area is 210 Å². The number of piperidine rings is 1. The summed E-state index contributed by atoms with van der Waals surface area (Å²) in [6.45, 7) is 5.58. The van der Waals surface area contributed by atoms with Crippen LogP contribution in [0.5, 0.6) is 0 Å². The lowest BCUT2D eigenvalue weighted by Crippen LogP contribution is -2.41. The molecule has 0 unspecified atom stereocenters. The van der Waals surface area contributed by atoms with E-state index >= 15 is 0 Å². The van der Waals surface area contributed by atoms with Gasteiger partial charge >= 0.3 is 6.01 Å². The maximum absolute atomic E-state index is 12.9. The van der Waals surface area contributed by atoms with Crippen LogP contribution in [0.15, 0.2) is 62.7 Å². The number of hydrogen-bond acceptors (Lipinski definition) is 8. The monoisotopic (exact) mass is 532 g/mol. The number of nitrogens with one attached hydrogen (secondary N) is 1. The molecule has 12 heteroatoms. The van der Waals surface area contributed by atoms with Crippen molar-refractivity contribution in [1.29, 1.82) is 0 Å². The minimum atomic E-state index is -3.61. The van der Waals surface area contributed by atoms with Crippen LogP contribution in [0, 0.1) is 12.8 Å². The first-order chi connectivity index (χ1) is 17.0. The normalized spacial score (nSPS) is 15.8. The summed E-state index contributed by atoms with van der Waals surface area (Å²) in [6.07, 6.45) is 0.730. The number of anilines is 1. The van der Waals surface area contributed by atoms with Crippen LogP contribution in [0.2, 0.25) is 0 Å². The Kier molecular flexibility index (Phi) is 7.30. The number of hydrogen-bond donors (Lipinski definition) is 1. The Morgan fingerprint density at radius 2 is 1.53 bits per heavy atom. The van der Waals surface area contributed by atoms with Crippen LogP contribution in [-0.4, -0.2) is 55.6 Å². The molecule has 0 atom stereocenters. The van der Waals surface area contributed by atoms with Crippen molar-refractivity contribution in [2.45, 2.75) is 48.7 Å². The molecule has 2 heterocycles. The number of aryl methyl sites for hydroxylation is 1. The summed E-state index contributed by atoms with van der Waals surface area (Å²) in [4.78, 5) is 13.2. The van der Waals surface area contributed by atoms with Crippen molar-refractivity contribution in [1.82, 2.24) is 14.5 Å². The highest BCUT2D eigenvalue weighted by Crippen LogP contribution is 2.27. The molecule has 0 bridgehead atoms. The standard InChI is InChI=1S/C24H28N4O6S2/c1-16(2)35(30,31)20-10-6-19(7-11-20)23-26-27-24(34-23)25-22(29)18-12-14-28(15-13-18)36(32,33)21-8-4-17(3)5-9-21/h4-11,16,18H,12-15H2,1-3H3,(H,25,27,29). The summed E-state index contributed by atoms with van der Waals surface area (Å²) in [6, 6.07) is 12.7. The van der Waals surface area contributed by atoms with Gasteiger partial charge in [0.1, 0.15) is 0 Å². The number of carbonyl (C=O) groups excluding carboxylic acids is 1. The van der Waals surface area contributed by atoms with E-state index in [-0.39, 0.29) is 40.7 Å². The first kappa shape index (κ1) is 26.0. The predicted octanol–water partition coefficient (Wildman–Crippen LogP) is 3.27.